The highest BCUT2D eigenvalue weighted by Crippen LogP contribution is 2.26. The van der Waals surface area contributed by atoms with E-state index in [9.17, 15) is 0 Å². The first-order valence-corrected chi connectivity index (χ1v) is 7.28. The lowest BCUT2D eigenvalue weighted by molar-refractivity contribution is 0.144. The van der Waals surface area contributed by atoms with Crippen molar-refractivity contribution >= 4 is 0 Å². The molecule has 0 saturated carbocycles. The van der Waals surface area contributed by atoms with Crippen molar-refractivity contribution in [2.75, 3.05) is 13.7 Å². The summed E-state index contributed by atoms with van der Waals surface area (Å²) >= 11 is 0. The van der Waals surface area contributed by atoms with Gasteiger partial charge in [-0.15, -0.1) is 0 Å². The van der Waals surface area contributed by atoms with E-state index in [0.717, 1.165) is 31.0 Å². The third-order valence-corrected chi connectivity index (χ3v) is 3.47. The van der Waals surface area contributed by atoms with Crippen molar-refractivity contribution in [3.8, 4) is 5.75 Å². The summed E-state index contributed by atoms with van der Waals surface area (Å²) in [6, 6.07) is 11.7. The van der Waals surface area contributed by atoms with Gasteiger partial charge in [0.25, 0.3) is 0 Å². The summed E-state index contributed by atoms with van der Waals surface area (Å²) in [5.41, 5.74) is 7.37. The first-order chi connectivity index (χ1) is 10.2. The molecule has 2 atom stereocenters. The molecule has 2 aromatic rings. The maximum absolute atomic E-state index is 6.15. The molecule has 0 aliphatic heterocycles. The van der Waals surface area contributed by atoms with Crippen LogP contribution in [0.2, 0.25) is 0 Å². The predicted molar refractivity (Wildman–Crippen MR) is 82.4 cm³/mol. The minimum Gasteiger partial charge on any atom is -0.481 e. The van der Waals surface area contributed by atoms with Crippen molar-refractivity contribution in [2.45, 2.75) is 31.9 Å². The highest BCUT2D eigenvalue weighted by molar-refractivity contribution is 5.28. The van der Waals surface area contributed by atoms with E-state index >= 15 is 0 Å². The molecule has 2 unspecified atom stereocenters. The first kappa shape index (κ1) is 15.6. The molecule has 21 heavy (non-hydrogen) atoms. The molecule has 0 saturated heterocycles. The zero-order valence-electron chi connectivity index (χ0n) is 12.6. The van der Waals surface area contributed by atoms with Gasteiger partial charge < -0.3 is 19.6 Å². The summed E-state index contributed by atoms with van der Waals surface area (Å²) in [6.07, 6.45) is 3.08. The van der Waals surface area contributed by atoms with Gasteiger partial charge in [0.15, 0.2) is 6.10 Å². The van der Waals surface area contributed by atoms with Gasteiger partial charge >= 0.3 is 0 Å². The lowest BCUT2D eigenvalue weighted by Crippen LogP contribution is -2.31. The second kappa shape index (κ2) is 7.86. The van der Waals surface area contributed by atoms with E-state index in [0.29, 0.717) is 0 Å². The summed E-state index contributed by atoms with van der Waals surface area (Å²) in [5.74, 6) is 1.55. The van der Waals surface area contributed by atoms with Crippen molar-refractivity contribution in [2.24, 2.45) is 5.73 Å². The summed E-state index contributed by atoms with van der Waals surface area (Å²) in [6.45, 7) is 2.76. The molecule has 0 fully saturated rings. The zero-order chi connectivity index (χ0) is 15.1. The number of methoxy groups -OCH3 is 1. The van der Waals surface area contributed by atoms with Crippen LogP contribution in [0.25, 0.3) is 0 Å². The molecule has 1 aromatic carbocycles. The van der Waals surface area contributed by atoms with Crippen molar-refractivity contribution in [3.05, 3.63) is 54.0 Å². The fraction of sp³-hybridized carbons (Fsp3) is 0.412. The molecule has 0 amide bonds. The van der Waals surface area contributed by atoms with Crippen LogP contribution < -0.4 is 10.5 Å². The topological polar surface area (TPSA) is 57.6 Å². The monoisotopic (exact) mass is 289 g/mol. The average Bonchev–Trinajstić information content (AvgIpc) is 3.05. The molecule has 0 bridgehead atoms. The maximum atomic E-state index is 6.15. The van der Waals surface area contributed by atoms with Gasteiger partial charge in [0.1, 0.15) is 11.5 Å². The van der Waals surface area contributed by atoms with Crippen LogP contribution in [-0.4, -0.2) is 19.8 Å². The fourth-order valence-electron chi connectivity index (χ4n) is 2.12. The van der Waals surface area contributed by atoms with Crippen molar-refractivity contribution < 1.29 is 13.9 Å². The van der Waals surface area contributed by atoms with Gasteiger partial charge in [0.05, 0.1) is 12.9 Å². The Morgan fingerprint density at radius 2 is 1.95 bits per heavy atom. The van der Waals surface area contributed by atoms with Crippen LogP contribution in [0.4, 0.5) is 0 Å². The molecule has 1 heterocycles. The Labute approximate surface area is 125 Å². The van der Waals surface area contributed by atoms with E-state index in [1.165, 1.54) is 5.56 Å². The van der Waals surface area contributed by atoms with Crippen LogP contribution >= 0.6 is 0 Å². The van der Waals surface area contributed by atoms with E-state index in [-0.39, 0.29) is 12.1 Å². The number of rotatable bonds is 8. The van der Waals surface area contributed by atoms with Gasteiger partial charge in [0, 0.05) is 13.2 Å². The van der Waals surface area contributed by atoms with E-state index in [2.05, 4.69) is 0 Å². The number of nitrogens with two attached hydrogens (primary N) is 1. The smallest absolute Gasteiger partial charge is 0.171 e. The van der Waals surface area contributed by atoms with Gasteiger partial charge in [0.2, 0.25) is 0 Å². The van der Waals surface area contributed by atoms with Crippen molar-refractivity contribution in [3.63, 3.8) is 0 Å². The Hall–Kier alpha value is -1.78. The van der Waals surface area contributed by atoms with Crippen LogP contribution in [0, 0.1) is 0 Å². The molecule has 0 radical (unpaired) electrons. The number of hydrogen-bond donors (Lipinski definition) is 1. The maximum Gasteiger partial charge on any atom is 0.171 e. The quantitative estimate of drug-likeness (QED) is 0.810. The Kier molecular flexibility index (Phi) is 5.84. The van der Waals surface area contributed by atoms with Crippen molar-refractivity contribution in [1.82, 2.24) is 0 Å². The second-order valence-corrected chi connectivity index (χ2v) is 5.01. The number of benzene rings is 1. The zero-order valence-corrected chi connectivity index (χ0v) is 12.6. The van der Waals surface area contributed by atoms with E-state index in [1.807, 2.05) is 43.3 Å². The fourth-order valence-corrected chi connectivity index (χ4v) is 2.12. The Morgan fingerprint density at radius 3 is 2.52 bits per heavy atom. The molecule has 0 aliphatic rings. The van der Waals surface area contributed by atoms with Crippen LogP contribution in [0.15, 0.2) is 47.1 Å². The Balaban J connectivity index is 2.06. The molecule has 4 nitrogen and oxygen atoms in total. The molecule has 4 heteroatoms. The Bertz CT molecular complexity index is 507. The van der Waals surface area contributed by atoms with Crippen molar-refractivity contribution in [1.29, 1.82) is 0 Å². The third kappa shape index (κ3) is 4.34. The molecule has 0 aliphatic carbocycles. The molecular formula is C17H23NO3. The molecule has 0 spiro atoms. The average molecular weight is 289 g/mol. The number of hydrogen-bond acceptors (Lipinski definition) is 4. The second-order valence-electron chi connectivity index (χ2n) is 5.01. The molecular weight excluding hydrogens is 266 g/mol. The largest absolute Gasteiger partial charge is 0.481 e. The highest BCUT2D eigenvalue weighted by Gasteiger charge is 2.23. The lowest BCUT2D eigenvalue weighted by atomic mass is 10.1. The summed E-state index contributed by atoms with van der Waals surface area (Å²) in [7, 11) is 1.71. The Morgan fingerprint density at radius 1 is 1.19 bits per heavy atom. The SMILES string of the molecule is CCC(N)C(Oc1ccc(CCOC)cc1)c1ccco1. The summed E-state index contributed by atoms with van der Waals surface area (Å²) in [5, 5.41) is 0. The van der Waals surface area contributed by atoms with Gasteiger partial charge in [-0.05, 0) is 42.7 Å². The van der Waals surface area contributed by atoms with Crippen LogP contribution in [0.3, 0.4) is 0 Å². The normalized spacial score (nSPS) is 13.9. The highest BCUT2D eigenvalue weighted by atomic mass is 16.5. The van der Waals surface area contributed by atoms with E-state index in [1.54, 1.807) is 13.4 Å². The van der Waals surface area contributed by atoms with E-state index in [4.69, 9.17) is 19.6 Å². The molecule has 114 valence electrons. The van der Waals surface area contributed by atoms with Crippen LogP contribution in [-0.2, 0) is 11.2 Å². The van der Waals surface area contributed by atoms with Gasteiger partial charge in [-0.3, -0.25) is 0 Å². The van der Waals surface area contributed by atoms with Gasteiger partial charge in [-0.1, -0.05) is 19.1 Å². The molecule has 2 rings (SSSR count). The number of ether oxygens (including phenoxy) is 2. The van der Waals surface area contributed by atoms with Gasteiger partial charge in [-0.2, -0.15) is 0 Å². The molecule has 2 N–H and O–H groups in total. The van der Waals surface area contributed by atoms with Crippen LogP contribution in [0.5, 0.6) is 5.75 Å². The standard InChI is InChI=1S/C17H23NO3/c1-3-15(18)17(16-5-4-11-20-16)21-14-8-6-13(7-9-14)10-12-19-2/h4-9,11,15,17H,3,10,12,18H2,1-2H3. The first-order valence-electron chi connectivity index (χ1n) is 7.28. The van der Waals surface area contributed by atoms with Gasteiger partial charge in [-0.25, -0.2) is 0 Å². The third-order valence-electron chi connectivity index (χ3n) is 3.47. The van der Waals surface area contributed by atoms with E-state index < -0.39 is 0 Å². The minimum absolute atomic E-state index is 0.107. The summed E-state index contributed by atoms with van der Waals surface area (Å²) < 4.78 is 16.5. The lowest BCUT2D eigenvalue weighted by Gasteiger charge is -2.22. The molecule has 1 aromatic heterocycles. The van der Waals surface area contributed by atoms with Crippen LogP contribution in [0.1, 0.15) is 30.8 Å². The summed E-state index contributed by atoms with van der Waals surface area (Å²) in [4.78, 5) is 0. The predicted octanol–water partition coefficient (Wildman–Crippen LogP) is 3.33. The minimum atomic E-state index is -0.269. The number of furan rings is 1.